The maximum Gasteiger partial charge on any atom is 0.220 e. The van der Waals surface area contributed by atoms with Crippen LogP contribution < -0.4 is 10.6 Å². The van der Waals surface area contributed by atoms with E-state index < -0.39 is 9.84 Å². The minimum Gasteiger partial charge on any atom is -0.355 e. The van der Waals surface area contributed by atoms with E-state index in [0.29, 0.717) is 12.3 Å². The summed E-state index contributed by atoms with van der Waals surface area (Å²) in [6, 6.07) is 0. The van der Waals surface area contributed by atoms with Crippen LogP contribution in [-0.2, 0) is 14.6 Å². The second kappa shape index (κ2) is 6.20. The Bertz CT molecular complexity index is 321. The van der Waals surface area contributed by atoms with E-state index in [2.05, 4.69) is 10.6 Å². The Kier molecular flexibility index (Phi) is 5.21. The zero-order valence-corrected chi connectivity index (χ0v) is 10.5. The summed E-state index contributed by atoms with van der Waals surface area (Å²) in [5.41, 5.74) is 0. The van der Waals surface area contributed by atoms with Gasteiger partial charge in [0.2, 0.25) is 5.91 Å². The fraction of sp³-hybridized carbons (Fsp3) is 0.900. The minimum absolute atomic E-state index is 0.0155. The summed E-state index contributed by atoms with van der Waals surface area (Å²) in [5.74, 6) is 0.367. The summed E-state index contributed by atoms with van der Waals surface area (Å²) < 4.78 is 21.7. The van der Waals surface area contributed by atoms with Gasteiger partial charge >= 0.3 is 0 Å². The topological polar surface area (TPSA) is 75.3 Å². The summed E-state index contributed by atoms with van der Waals surface area (Å²) in [4.78, 5) is 11.5. The number of amides is 1. The Hall–Kier alpha value is -0.620. The molecule has 0 saturated carbocycles. The minimum atomic E-state index is -2.98. The molecule has 1 unspecified atom stereocenters. The molecular formula is C10H20N2O3S. The molecule has 2 N–H and O–H groups in total. The van der Waals surface area contributed by atoms with Gasteiger partial charge in [0.15, 0.2) is 0 Å². The number of carbonyl (C=O) groups excluding carboxylic acids is 1. The molecule has 5 nitrogen and oxygen atoms in total. The predicted molar refractivity (Wildman–Crippen MR) is 62.9 cm³/mol. The Morgan fingerprint density at radius 2 is 2.25 bits per heavy atom. The lowest BCUT2D eigenvalue weighted by molar-refractivity contribution is -0.122. The number of nitrogens with one attached hydrogen (secondary N) is 2. The number of piperidine rings is 1. The molecule has 1 saturated heterocycles. The second-order valence-corrected chi connectivity index (χ2v) is 6.66. The van der Waals surface area contributed by atoms with Gasteiger partial charge in [0.25, 0.3) is 0 Å². The molecule has 0 aromatic heterocycles. The Balaban J connectivity index is 2.15. The highest BCUT2D eigenvalue weighted by atomic mass is 32.2. The van der Waals surface area contributed by atoms with Crippen molar-refractivity contribution in [2.45, 2.75) is 19.3 Å². The van der Waals surface area contributed by atoms with Gasteiger partial charge < -0.3 is 10.6 Å². The van der Waals surface area contributed by atoms with Gasteiger partial charge in [-0.15, -0.1) is 0 Å². The smallest absolute Gasteiger partial charge is 0.220 e. The van der Waals surface area contributed by atoms with E-state index in [1.807, 2.05) is 0 Å². The fourth-order valence-electron chi connectivity index (χ4n) is 1.81. The van der Waals surface area contributed by atoms with Crippen LogP contribution in [0.3, 0.4) is 0 Å². The molecule has 0 aromatic rings. The van der Waals surface area contributed by atoms with Crippen molar-refractivity contribution in [1.29, 1.82) is 0 Å². The molecule has 1 amide bonds. The fourth-order valence-corrected chi connectivity index (χ4v) is 2.28. The predicted octanol–water partition coefficient (Wildman–Crippen LogP) is -0.463. The van der Waals surface area contributed by atoms with E-state index in [9.17, 15) is 13.2 Å². The van der Waals surface area contributed by atoms with E-state index in [1.165, 1.54) is 6.26 Å². The van der Waals surface area contributed by atoms with E-state index in [1.54, 1.807) is 0 Å². The number of hydrogen-bond acceptors (Lipinski definition) is 4. The zero-order valence-electron chi connectivity index (χ0n) is 9.66. The third kappa shape index (κ3) is 6.07. The quantitative estimate of drug-likeness (QED) is 0.690. The van der Waals surface area contributed by atoms with Crippen molar-refractivity contribution in [3.8, 4) is 0 Å². The van der Waals surface area contributed by atoms with Gasteiger partial charge in [0.05, 0.1) is 5.75 Å². The average Bonchev–Trinajstić information content (AvgIpc) is 2.17. The Morgan fingerprint density at radius 1 is 1.50 bits per heavy atom. The van der Waals surface area contributed by atoms with Crippen LogP contribution in [0, 0.1) is 5.92 Å². The number of carbonyl (C=O) groups is 1. The van der Waals surface area contributed by atoms with Crippen LogP contribution in [0.25, 0.3) is 0 Å². The number of sulfone groups is 1. The maximum absolute atomic E-state index is 11.5. The van der Waals surface area contributed by atoms with E-state index in [4.69, 9.17) is 0 Å². The summed E-state index contributed by atoms with van der Waals surface area (Å²) in [7, 11) is -2.98. The third-order valence-electron chi connectivity index (χ3n) is 2.67. The molecule has 16 heavy (non-hydrogen) atoms. The van der Waals surface area contributed by atoms with Crippen LogP contribution in [0.2, 0.25) is 0 Å². The number of rotatable bonds is 5. The lowest BCUT2D eigenvalue weighted by Crippen LogP contribution is -2.35. The van der Waals surface area contributed by atoms with E-state index in [0.717, 1.165) is 25.9 Å². The molecule has 0 spiro atoms. The van der Waals surface area contributed by atoms with Crippen molar-refractivity contribution in [1.82, 2.24) is 10.6 Å². The van der Waals surface area contributed by atoms with Gasteiger partial charge in [0, 0.05) is 19.2 Å². The van der Waals surface area contributed by atoms with Crippen LogP contribution >= 0.6 is 0 Å². The summed E-state index contributed by atoms with van der Waals surface area (Å²) in [6.07, 6.45) is 3.86. The molecule has 1 aliphatic heterocycles. The first-order valence-electron chi connectivity index (χ1n) is 5.62. The molecule has 6 heteroatoms. The highest BCUT2D eigenvalue weighted by Crippen LogP contribution is 2.13. The van der Waals surface area contributed by atoms with Gasteiger partial charge in [-0.05, 0) is 31.8 Å². The van der Waals surface area contributed by atoms with Crippen molar-refractivity contribution in [3.05, 3.63) is 0 Å². The monoisotopic (exact) mass is 248 g/mol. The van der Waals surface area contributed by atoms with Gasteiger partial charge in [-0.2, -0.15) is 0 Å². The van der Waals surface area contributed by atoms with Crippen LogP contribution in [0.4, 0.5) is 0 Å². The SMILES string of the molecule is CS(=O)(=O)CCNC(=O)CC1CCCNC1. The van der Waals surface area contributed by atoms with Crippen LogP contribution in [0.1, 0.15) is 19.3 Å². The molecule has 0 aliphatic carbocycles. The molecule has 94 valence electrons. The van der Waals surface area contributed by atoms with Gasteiger partial charge in [-0.3, -0.25) is 4.79 Å². The highest BCUT2D eigenvalue weighted by Gasteiger charge is 2.16. The Labute approximate surface area is 96.9 Å². The van der Waals surface area contributed by atoms with Crippen molar-refractivity contribution in [2.75, 3.05) is 31.6 Å². The summed E-state index contributed by atoms with van der Waals surface area (Å²) in [6.45, 7) is 2.14. The molecule has 1 heterocycles. The first kappa shape index (κ1) is 13.4. The first-order valence-corrected chi connectivity index (χ1v) is 7.68. The molecule has 1 atom stereocenters. The van der Waals surface area contributed by atoms with Crippen molar-refractivity contribution in [2.24, 2.45) is 5.92 Å². The molecule has 0 bridgehead atoms. The van der Waals surface area contributed by atoms with E-state index >= 15 is 0 Å². The van der Waals surface area contributed by atoms with Gasteiger partial charge in [-0.25, -0.2) is 8.42 Å². The lowest BCUT2D eigenvalue weighted by atomic mass is 9.96. The second-order valence-electron chi connectivity index (χ2n) is 4.40. The van der Waals surface area contributed by atoms with Crippen LogP contribution in [0.5, 0.6) is 0 Å². The van der Waals surface area contributed by atoms with Crippen LogP contribution in [0.15, 0.2) is 0 Å². The average molecular weight is 248 g/mol. The number of hydrogen-bond donors (Lipinski definition) is 2. The standard InChI is InChI=1S/C10H20N2O3S/c1-16(14,15)6-5-12-10(13)7-9-3-2-4-11-8-9/h9,11H,2-8H2,1H3,(H,12,13). The van der Waals surface area contributed by atoms with Crippen molar-refractivity contribution >= 4 is 15.7 Å². The molecule has 1 aliphatic rings. The third-order valence-corrected chi connectivity index (χ3v) is 3.61. The Morgan fingerprint density at radius 3 is 2.81 bits per heavy atom. The summed E-state index contributed by atoms with van der Waals surface area (Å²) in [5, 5.41) is 5.89. The van der Waals surface area contributed by atoms with Gasteiger partial charge in [-0.1, -0.05) is 0 Å². The molecule has 0 aromatic carbocycles. The maximum atomic E-state index is 11.5. The van der Waals surface area contributed by atoms with Crippen molar-refractivity contribution in [3.63, 3.8) is 0 Å². The summed E-state index contributed by atoms with van der Waals surface area (Å²) >= 11 is 0. The molecule has 0 radical (unpaired) electrons. The highest BCUT2D eigenvalue weighted by molar-refractivity contribution is 7.90. The largest absolute Gasteiger partial charge is 0.355 e. The molecule has 1 fully saturated rings. The van der Waals surface area contributed by atoms with E-state index in [-0.39, 0.29) is 18.2 Å². The normalized spacial score (nSPS) is 21.7. The van der Waals surface area contributed by atoms with Gasteiger partial charge in [0.1, 0.15) is 9.84 Å². The lowest BCUT2D eigenvalue weighted by Gasteiger charge is -2.21. The zero-order chi connectivity index (χ0) is 12.0. The van der Waals surface area contributed by atoms with Crippen LogP contribution in [-0.4, -0.2) is 46.0 Å². The van der Waals surface area contributed by atoms with Crippen molar-refractivity contribution < 1.29 is 13.2 Å². The molecular weight excluding hydrogens is 228 g/mol. The first-order chi connectivity index (χ1) is 7.47. The molecule has 1 rings (SSSR count).